The molecule has 0 saturated carbocycles. The molecule has 0 spiro atoms. The molecule has 0 saturated heterocycles. The number of rotatable bonds is 6. The van der Waals surface area contributed by atoms with E-state index >= 15 is 0 Å². The van der Waals surface area contributed by atoms with Gasteiger partial charge < -0.3 is 9.47 Å². The highest BCUT2D eigenvalue weighted by Crippen LogP contribution is 2.28. The first-order chi connectivity index (χ1) is 10.5. The number of Topliss-reactive ketones (excluding diaryl/α,β-unsaturated/α-hetero) is 1. The number of hydrogen-bond acceptors (Lipinski definition) is 5. The number of nitro groups is 1. The van der Waals surface area contributed by atoms with Crippen molar-refractivity contribution in [3.63, 3.8) is 0 Å². The van der Waals surface area contributed by atoms with Crippen molar-refractivity contribution in [2.45, 2.75) is 6.92 Å². The van der Waals surface area contributed by atoms with E-state index in [4.69, 9.17) is 9.47 Å². The summed E-state index contributed by atoms with van der Waals surface area (Å²) >= 11 is 0. The molecule has 0 atom stereocenters. The van der Waals surface area contributed by atoms with Crippen molar-refractivity contribution in [2.75, 3.05) is 13.7 Å². The lowest BCUT2D eigenvalue weighted by molar-refractivity contribution is -0.385. The molecular formula is C16H15NO5. The molecule has 0 bridgehead atoms. The zero-order valence-corrected chi connectivity index (χ0v) is 12.2. The Balaban J connectivity index is 2.18. The second-order valence-corrected chi connectivity index (χ2v) is 4.64. The van der Waals surface area contributed by atoms with Crippen LogP contribution in [0.3, 0.4) is 0 Å². The number of nitrogens with zero attached hydrogens (tertiary/aromatic N) is 1. The smallest absolute Gasteiger partial charge is 0.310 e. The molecule has 0 N–H and O–H groups in total. The molecule has 2 aromatic carbocycles. The lowest BCUT2D eigenvalue weighted by Crippen LogP contribution is -2.13. The lowest BCUT2D eigenvalue weighted by atomic mass is 10.1. The largest absolute Gasteiger partial charge is 0.496 e. The number of methoxy groups -OCH3 is 1. The van der Waals surface area contributed by atoms with E-state index in [2.05, 4.69) is 0 Å². The van der Waals surface area contributed by atoms with Crippen LogP contribution in [-0.2, 0) is 0 Å². The zero-order chi connectivity index (χ0) is 16.1. The molecule has 6 heteroatoms. The van der Waals surface area contributed by atoms with Gasteiger partial charge in [0.2, 0.25) is 5.78 Å². The molecule has 6 nitrogen and oxygen atoms in total. The van der Waals surface area contributed by atoms with Crippen molar-refractivity contribution >= 4 is 11.5 Å². The summed E-state index contributed by atoms with van der Waals surface area (Å²) < 4.78 is 10.5. The number of nitro benzene ring substituents is 1. The van der Waals surface area contributed by atoms with Crippen LogP contribution in [0.4, 0.5) is 5.69 Å². The first kappa shape index (κ1) is 15.5. The summed E-state index contributed by atoms with van der Waals surface area (Å²) in [6.07, 6.45) is 0. The Hall–Kier alpha value is -2.89. The van der Waals surface area contributed by atoms with Crippen LogP contribution in [0.2, 0.25) is 0 Å². The predicted molar refractivity (Wildman–Crippen MR) is 80.7 cm³/mol. The molecule has 0 fully saturated rings. The number of aryl methyl sites for hydroxylation is 1. The Morgan fingerprint density at radius 1 is 1.18 bits per heavy atom. The van der Waals surface area contributed by atoms with Crippen LogP contribution in [0.15, 0.2) is 42.5 Å². The van der Waals surface area contributed by atoms with Gasteiger partial charge in [-0.05, 0) is 30.7 Å². The van der Waals surface area contributed by atoms with Crippen LogP contribution in [0.25, 0.3) is 0 Å². The minimum absolute atomic E-state index is 0.0771. The molecule has 22 heavy (non-hydrogen) atoms. The van der Waals surface area contributed by atoms with Crippen molar-refractivity contribution in [1.29, 1.82) is 0 Å². The summed E-state index contributed by atoms with van der Waals surface area (Å²) in [5, 5.41) is 11.0. The summed E-state index contributed by atoms with van der Waals surface area (Å²) in [6.45, 7) is 1.49. The topological polar surface area (TPSA) is 78.7 Å². The second-order valence-electron chi connectivity index (χ2n) is 4.64. The van der Waals surface area contributed by atoms with E-state index in [1.54, 1.807) is 37.3 Å². The Bertz CT molecular complexity index is 711. The molecule has 0 unspecified atom stereocenters. The van der Waals surface area contributed by atoms with Gasteiger partial charge in [-0.25, -0.2) is 0 Å². The lowest BCUT2D eigenvalue weighted by Gasteiger charge is -2.09. The second kappa shape index (κ2) is 6.71. The highest BCUT2D eigenvalue weighted by molar-refractivity contribution is 5.99. The molecule has 0 amide bonds. The van der Waals surface area contributed by atoms with Gasteiger partial charge in [-0.1, -0.05) is 18.2 Å². The number of ether oxygens (including phenoxy) is 2. The van der Waals surface area contributed by atoms with E-state index in [-0.39, 0.29) is 23.8 Å². The maximum absolute atomic E-state index is 12.2. The standard InChI is InChI=1S/C16H15NO5/c1-11-7-8-13(17(19)20)16(9-11)22-10-14(18)12-5-3-4-6-15(12)21-2/h3-9H,10H2,1-2H3. The maximum Gasteiger partial charge on any atom is 0.310 e. The SMILES string of the molecule is COc1ccccc1C(=O)COc1cc(C)ccc1[N+](=O)[O-]. The quantitative estimate of drug-likeness (QED) is 0.465. The van der Waals surface area contributed by atoms with Gasteiger partial charge in [0.05, 0.1) is 17.6 Å². The van der Waals surface area contributed by atoms with Gasteiger partial charge in [-0.15, -0.1) is 0 Å². The van der Waals surface area contributed by atoms with Gasteiger partial charge in [-0.2, -0.15) is 0 Å². The highest BCUT2D eigenvalue weighted by atomic mass is 16.6. The number of benzene rings is 2. The molecule has 2 aromatic rings. The Kier molecular flexibility index (Phi) is 4.73. The van der Waals surface area contributed by atoms with Gasteiger partial charge in [0, 0.05) is 6.07 Å². The van der Waals surface area contributed by atoms with Gasteiger partial charge in [0.15, 0.2) is 12.4 Å². The van der Waals surface area contributed by atoms with Crippen molar-refractivity contribution in [3.05, 3.63) is 63.7 Å². The fourth-order valence-corrected chi connectivity index (χ4v) is 1.98. The molecular weight excluding hydrogens is 286 g/mol. The number of para-hydroxylation sites is 1. The van der Waals surface area contributed by atoms with Crippen LogP contribution in [0.5, 0.6) is 11.5 Å². The Labute approximate surface area is 127 Å². The first-order valence-corrected chi connectivity index (χ1v) is 6.57. The van der Waals surface area contributed by atoms with Crippen molar-refractivity contribution in [3.8, 4) is 11.5 Å². The summed E-state index contributed by atoms with van der Waals surface area (Å²) in [5.41, 5.74) is 1.02. The predicted octanol–water partition coefficient (Wildman–Crippen LogP) is 3.17. The summed E-state index contributed by atoms with van der Waals surface area (Å²) in [5.74, 6) is 0.205. The summed E-state index contributed by atoms with van der Waals surface area (Å²) in [6, 6.07) is 11.3. The molecule has 114 valence electrons. The third-order valence-corrected chi connectivity index (χ3v) is 3.08. The first-order valence-electron chi connectivity index (χ1n) is 6.57. The minimum atomic E-state index is -0.539. The average Bonchev–Trinajstić information content (AvgIpc) is 2.52. The number of carbonyl (C=O) groups excluding carboxylic acids is 1. The summed E-state index contributed by atoms with van der Waals surface area (Å²) in [7, 11) is 1.47. The maximum atomic E-state index is 12.2. The van der Waals surface area contributed by atoms with E-state index in [0.29, 0.717) is 11.3 Å². The van der Waals surface area contributed by atoms with Crippen molar-refractivity contribution in [1.82, 2.24) is 0 Å². The van der Waals surface area contributed by atoms with E-state index in [0.717, 1.165) is 5.56 Å². The highest BCUT2D eigenvalue weighted by Gasteiger charge is 2.18. The molecule has 0 heterocycles. The van der Waals surface area contributed by atoms with Crippen LogP contribution in [-0.4, -0.2) is 24.4 Å². The van der Waals surface area contributed by atoms with Crippen molar-refractivity contribution in [2.24, 2.45) is 0 Å². The molecule has 0 aromatic heterocycles. The summed E-state index contributed by atoms with van der Waals surface area (Å²) in [4.78, 5) is 22.6. The molecule has 0 aliphatic carbocycles. The van der Waals surface area contributed by atoms with Gasteiger partial charge in [-0.3, -0.25) is 14.9 Å². The third-order valence-electron chi connectivity index (χ3n) is 3.08. The van der Waals surface area contributed by atoms with Crippen molar-refractivity contribution < 1.29 is 19.2 Å². The fourth-order valence-electron chi connectivity index (χ4n) is 1.98. The molecule has 2 rings (SSSR count). The van der Waals surface area contributed by atoms with Crippen LogP contribution in [0, 0.1) is 17.0 Å². The monoisotopic (exact) mass is 301 g/mol. The average molecular weight is 301 g/mol. The van der Waals surface area contributed by atoms with E-state index in [1.165, 1.54) is 19.2 Å². The van der Waals surface area contributed by atoms with Crippen LogP contribution < -0.4 is 9.47 Å². The van der Waals surface area contributed by atoms with E-state index < -0.39 is 4.92 Å². The van der Waals surface area contributed by atoms with Crippen LogP contribution >= 0.6 is 0 Å². The van der Waals surface area contributed by atoms with Crippen LogP contribution in [0.1, 0.15) is 15.9 Å². The Morgan fingerprint density at radius 2 is 1.91 bits per heavy atom. The van der Waals surface area contributed by atoms with E-state index in [1.807, 2.05) is 0 Å². The van der Waals surface area contributed by atoms with Gasteiger partial charge in [0.1, 0.15) is 5.75 Å². The Morgan fingerprint density at radius 3 is 2.59 bits per heavy atom. The molecule has 0 aliphatic rings. The zero-order valence-electron chi connectivity index (χ0n) is 12.2. The fraction of sp³-hybridized carbons (Fsp3) is 0.188. The number of ketones is 1. The molecule has 0 radical (unpaired) electrons. The minimum Gasteiger partial charge on any atom is -0.496 e. The third kappa shape index (κ3) is 3.41. The molecule has 0 aliphatic heterocycles. The van der Waals surface area contributed by atoms with Gasteiger partial charge in [0.25, 0.3) is 0 Å². The van der Waals surface area contributed by atoms with E-state index in [9.17, 15) is 14.9 Å². The number of carbonyl (C=O) groups is 1. The number of hydrogen-bond donors (Lipinski definition) is 0. The van der Waals surface area contributed by atoms with Gasteiger partial charge >= 0.3 is 5.69 Å². The normalized spacial score (nSPS) is 10.1.